The Hall–Kier alpha value is -2.10. The Bertz CT molecular complexity index is 504. The van der Waals surface area contributed by atoms with E-state index in [1.54, 1.807) is 6.08 Å². The lowest BCUT2D eigenvalue weighted by molar-refractivity contribution is -0.142. The van der Waals surface area contributed by atoms with Crippen molar-refractivity contribution in [3.63, 3.8) is 0 Å². The monoisotopic (exact) mass is 261 g/mol. The maximum Gasteiger partial charge on any atom is 0.313 e. The summed E-state index contributed by atoms with van der Waals surface area (Å²) in [6, 6.07) is 5.93. The van der Waals surface area contributed by atoms with Crippen LogP contribution in [0.25, 0.3) is 6.08 Å². The van der Waals surface area contributed by atoms with Gasteiger partial charge in [-0.3, -0.25) is 9.59 Å². The van der Waals surface area contributed by atoms with Crippen LogP contribution >= 0.6 is 0 Å². The minimum Gasteiger partial charge on any atom is -0.469 e. The third-order valence-corrected chi connectivity index (χ3v) is 2.71. The van der Waals surface area contributed by atoms with Crippen LogP contribution in [0.15, 0.2) is 24.3 Å². The van der Waals surface area contributed by atoms with Gasteiger partial charge in [-0.15, -0.1) is 0 Å². The minimum atomic E-state index is -0.520. The lowest BCUT2D eigenvalue weighted by Gasteiger charge is -2.15. The van der Waals surface area contributed by atoms with Crippen LogP contribution in [0.5, 0.6) is 0 Å². The molecule has 4 nitrogen and oxygen atoms in total. The quantitative estimate of drug-likeness (QED) is 0.463. The van der Waals surface area contributed by atoms with Gasteiger partial charge in [0.2, 0.25) is 0 Å². The number of anilines is 1. The first-order chi connectivity index (χ1) is 8.93. The molecule has 1 aromatic carbocycles. The van der Waals surface area contributed by atoms with Gasteiger partial charge in [-0.25, -0.2) is 0 Å². The summed E-state index contributed by atoms with van der Waals surface area (Å²) in [4.78, 5) is 24.4. The van der Waals surface area contributed by atoms with Crippen molar-refractivity contribution in [3.8, 4) is 0 Å². The lowest BCUT2D eigenvalue weighted by atomic mass is 10.1. The molecular weight excluding hydrogens is 242 g/mol. The summed E-state index contributed by atoms with van der Waals surface area (Å²) in [5.74, 6) is -0.782. The van der Waals surface area contributed by atoms with Crippen LogP contribution in [0.1, 0.15) is 17.5 Å². The lowest BCUT2D eigenvalue weighted by Crippen LogP contribution is -2.10. The first-order valence-corrected chi connectivity index (χ1v) is 5.99. The van der Waals surface area contributed by atoms with Gasteiger partial charge in [0.05, 0.1) is 7.11 Å². The molecular formula is C15H19NO3. The van der Waals surface area contributed by atoms with Gasteiger partial charge in [0.15, 0.2) is 5.78 Å². The fourth-order valence-electron chi connectivity index (χ4n) is 1.75. The highest BCUT2D eigenvalue weighted by Crippen LogP contribution is 2.19. The van der Waals surface area contributed by atoms with Crippen LogP contribution in [0.3, 0.4) is 0 Å². The summed E-state index contributed by atoms with van der Waals surface area (Å²) in [5, 5.41) is 0. The summed E-state index contributed by atoms with van der Waals surface area (Å²) >= 11 is 0. The SMILES string of the molecule is COC(=O)CC(=O)C=Cc1ccc(N(C)C)c(C)c1. The van der Waals surface area contributed by atoms with Crippen LogP contribution < -0.4 is 4.90 Å². The molecule has 0 saturated carbocycles. The zero-order valence-electron chi connectivity index (χ0n) is 11.8. The molecule has 0 aliphatic heterocycles. The number of ketones is 1. The van der Waals surface area contributed by atoms with Gasteiger partial charge in [-0.1, -0.05) is 12.1 Å². The second-order valence-electron chi connectivity index (χ2n) is 4.49. The second-order valence-corrected chi connectivity index (χ2v) is 4.49. The van der Waals surface area contributed by atoms with Gasteiger partial charge in [0.25, 0.3) is 0 Å². The van der Waals surface area contributed by atoms with Crippen LogP contribution in [-0.4, -0.2) is 33.0 Å². The van der Waals surface area contributed by atoms with Crippen molar-refractivity contribution in [2.75, 3.05) is 26.1 Å². The third kappa shape index (κ3) is 4.58. The number of benzene rings is 1. The molecule has 19 heavy (non-hydrogen) atoms. The number of ether oxygens (including phenoxy) is 1. The van der Waals surface area contributed by atoms with E-state index in [0.717, 1.165) is 16.8 Å². The number of aryl methyl sites for hydroxylation is 1. The average molecular weight is 261 g/mol. The van der Waals surface area contributed by atoms with Gasteiger partial charge in [0.1, 0.15) is 6.42 Å². The van der Waals surface area contributed by atoms with Gasteiger partial charge in [-0.2, -0.15) is 0 Å². The number of carbonyl (C=O) groups is 2. The Morgan fingerprint density at radius 2 is 2.00 bits per heavy atom. The normalized spacial score (nSPS) is 10.5. The van der Waals surface area contributed by atoms with E-state index in [-0.39, 0.29) is 12.2 Å². The van der Waals surface area contributed by atoms with E-state index in [0.29, 0.717) is 0 Å². The Morgan fingerprint density at radius 1 is 1.32 bits per heavy atom. The predicted octanol–water partition coefficient (Wildman–Crippen LogP) is 2.21. The molecule has 0 amide bonds. The fourth-order valence-corrected chi connectivity index (χ4v) is 1.75. The number of methoxy groups -OCH3 is 1. The first kappa shape index (κ1) is 15.0. The highest BCUT2D eigenvalue weighted by Gasteiger charge is 2.06. The maximum atomic E-state index is 11.4. The van der Waals surface area contributed by atoms with E-state index in [9.17, 15) is 9.59 Å². The molecule has 0 aromatic heterocycles. The van der Waals surface area contributed by atoms with E-state index in [2.05, 4.69) is 4.74 Å². The van der Waals surface area contributed by atoms with Crippen molar-refractivity contribution in [1.29, 1.82) is 0 Å². The topological polar surface area (TPSA) is 46.6 Å². The highest BCUT2D eigenvalue weighted by molar-refractivity contribution is 6.03. The molecule has 0 atom stereocenters. The fraction of sp³-hybridized carbons (Fsp3) is 0.333. The molecule has 1 aromatic rings. The van der Waals surface area contributed by atoms with Crippen LogP contribution in [0.2, 0.25) is 0 Å². The number of hydrogen-bond acceptors (Lipinski definition) is 4. The zero-order chi connectivity index (χ0) is 14.4. The van der Waals surface area contributed by atoms with Crippen molar-refractivity contribution < 1.29 is 14.3 Å². The predicted molar refractivity (Wildman–Crippen MR) is 76.2 cm³/mol. The average Bonchev–Trinajstić information content (AvgIpc) is 2.35. The molecule has 0 radical (unpaired) electrons. The zero-order valence-corrected chi connectivity index (χ0v) is 11.8. The van der Waals surface area contributed by atoms with Crippen LogP contribution in [-0.2, 0) is 14.3 Å². The van der Waals surface area contributed by atoms with Gasteiger partial charge < -0.3 is 9.64 Å². The number of allylic oxidation sites excluding steroid dienone is 1. The molecule has 0 saturated heterocycles. The number of esters is 1. The summed E-state index contributed by atoms with van der Waals surface area (Å²) in [6.45, 7) is 2.02. The second kappa shape index (κ2) is 6.73. The number of carbonyl (C=O) groups excluding carboxylic acids is 2. The summed E-state index contributed by atoms with van der Waals surface area (Å²) < 4.78 is 4.43. The molecule has 0 aliphatic rings. The van der Waals surface area contributed by atoms with Crippen LogP contribution in [0.4, 0.5) is 5.69 Å². The molecule has 0 unspecified atom stereocenters. The summed E-state index contributed by atoms with van der Waals surface area (Å²) in [5.41, 5.74) is 3.20. The van der Waals surface area contributed by atoms with Crippen molar-refractivity contribution in [2.45, 2.75) is 13.3 Å². The first-order valence-electron chi connectivity index (χ1n) is 5.99. The highest BCUT2D eigenvalue weighted by atomic mass is 16.5. The van der Waals surface area contributed by atoms with E-state index in [4.69, 9.17) is 0 Å². The molecule has 0 spiro atoms. The molecule has 4 heteroatoms. The van der Waals surface area contributed by atoms with Gasteiger partial charge in [0, 0.05) is 19.8 Å². The smallest absolute Gasteiger partial charge is 0.313 e. The Morgan fingerprint density at radius 3 is 2.53 bits per heavy atom. The van der Waals surface area contributed by atoms with Crippen molar-refractivity contribution >= 4 is 23.5 Å². The molecule has 102 valence electrons. The maximum absolute atomic E-state index is 11.4. The van der Waals surface area contributed by atoms with Gasteiger partial charge in [-0.05, 0) is 36.3 Å². The standard InChI is InChI=1S/C15H19NO3/c1-11-9-12(6-8-14(11)16(2)3)5-7-13(17)10-15(18)19-4/h5-9H,10H2,1-4H3. The minimum absolute atomic E-state index is 0.220. The largest absolute Gasteiger partial charge is 0.469 e. The van der Waals surface area contributed by atoms with E-state index >= 15 is 0 Å². The van der Waals surface area contributed by atoms with E-state index in [1.165, 1.54) is 13.2 Å². The molecule has 0 N–H and O–H groups in total. The molecule has 1 rings (SSSR count). The Balaban J connectivity index is 2.75. The number of nitrogens with zero attached hydrogens (tertiary/aromatic N) is 1. The van der Waals surface area contributed by atoms with Crippen molar-refractivity contribution in [1.82, 2.24) is 0 Å². The third-order valence-electron chi connectivity index (χ3n) is 2.71. The summed E-state index contributed by atoms with van der Waals surface area (Å²) in [7, 11) is 5.23. The van der Waals surface area contributed by atoms with E-state index in [1.807, 2.05) is 44.1 Å². The Labute approximate surface area is 113 Å². The van der Waals surface area contributed by atoms with Gasteiger partial charge >= 0.3 is 5.97 Å². The molecule has 0 aliphatic carbocycles. The number of hydrogen-bond donors (Lipinski definition) is 0. The Kier molecular flexibility index (Phi) is 5.30. The number of rotatable bonds is 5. The molecule has 0 fully saturated rings. The van der Waals surface area contributed by atoms with Crippen molar-refractivity contribution in [2.24, 2.45) is 0 Å². The summed E-state index contributed by atoms with van der Waals surface area (Å²) in [6.07, 6.45) is 2.89. The van der Waals surface area contributed by atoms with E-state index < -0.39 is 5.97 Å². The molecule has 0 bridgehead atoms. The van der Waals surface area contributed by atoms with Crippen LogP contribution in [0, 0.1) is 6.92 Å². The molecule has 0 heterocycles. The van der Waals surface area contributed by atoms with Crippen molar-refractivity contribution in [3.05, 3.63) is 35.4 Å².